The minimum Gasteiger partial charge on any atom is -0.400 e. The van der Waals surface area contributed by atoms with E-state index in [1.807, 2.05) is 27.7 Å². The van der Waals surface area contributed by atoms with Crippen LogP contribution in [0.2, 0.25) is 0 Å². The molecule has 0 spiro atoms. The number of ketones is 1. The van der Waals surface area contributed by atoms with Crippen molar-refractivity contribution in [3.05, 3.63) is 24.7 Å². The summed E-state index contributed by atoms with van der Waals surface area (Å²) in [6.07, 6.45) is 3.41. The molecule has 0 bridgehead atoms. The van der Waals surface area contributed by atoms with E-state index in [4.69, 9.17) is 9.31 Å². The van der Waals surface area contributed by atoms with Gasteiger partial charge >= 0.3 is 7.12 Å². The van der Waals surface area contributed by atoms with Gasteiger partial charge in [0.1, 0.15) is 0 Å². The maximum absolute atomic E-state index is 11.3. The molecule has 1 aliphatic rings. The molecule has 1 fully saturated rings. The lowest BCUT2D eigenvalue weighted by atomic mass is 9.89. The summed E-state index contributed by atoms with van der Waals surface area (Å²) in [5.41, 5.74) is -0.715. The van der Waals surface area contributed by atoms with Gasteiger partial charge in [-0.3, -0.25) is 4.79 Å². The molecule has 1 heterocycles. The van der Waals surface area contributed by atoms with Crippen molar-refractivity contribution in [3.8, 4) is 0 Å². The van der Waals surface area contributed by atoms with Gasteiger partial charge in [-0.2, -0.15) is 0 Å². The normalized spacial score (nSPS) is 22.6. The predicted octanol–water partition coefficient (Wildman–Crippen LogP) is 2.32. The third kappa shape index (κ3) is 2.83. The molecule has 0 aliphatic carbocycles. The van der Waals surface area contributed by atoms with Crippen molar-refractivity contribution in [1.29, 1.82) is 0 Å². The molecule has 16 heavy (non-hydrogen) atoms. The highest BCUT2D eigenvalue weighted by Crippen LogP contribution is 2.36. The molecule has 4 heteroatoms. The van der Waals surface area contributed by atoms with E-state index in [1.165, 1.54) is 6.08 Å². The van der Waals surface area contributed by atoms with E-state index in [2.05, 4.69) is 6.58 Å². The quantitative estimate of drug-likeness (QED) is 0.416. The highest BCUT2D eigenvalue weighted by molar-refractivity contribution is 6.52. The molecular formula is C12H19BO3. The summed E-state index contributed by atoms with van der Waals surface area (Å²) in [5, 5.41) is 0. The van der Waals surface area contributed by atoms with Gasteiger partial charge in [0.25, 0.3) is 0 Å². The van der Waals surface area contributed by atoms with Gasteiger partial charge in [-0.25, -0.2) is 0 Å². The largest absolute Gasteiger partial charge is 0.487 e. The fraction of sp³-hybridized carbons (Fsp3) is 0.583. The highest BCUT2D eigenvalue weighted by Gasteiger charge is 2.50. The lowest BCUT2D eigenvalue weighted by Crippen LogP contribution is -2.41. The number of carbonyl (C=O) groups excluding carboxylic acids is 1. The molecule has 0 radical (unpaired) electrons. The summed E-state index contributed by atoms with van der Waals surface area (Å²) in [5.74, 6) is 1.66. The number of hydrogen-bond donors (Lipinski definition) is 0. The van der Waals surface area contributed by atoms with E-state index in [0.717, 1.165) is 0 Å². The smallest absolute Gasteiger partial charge is 0.400 e. The molecule has 3 nitrogen and oxygen atoms in total. The van der Waals surface area contributed by atoms with Gasteiger partial charge in [-0.15, -0.1) is 6.58 Å². The van der Waals surface area contributed by atoms with Crippen LogP contribution in [-0.2, 0) is 14.1 Å². The third-order valence-electron chi connectivity index (χ3n) is 3.06. The number of allylic oxidation sites excluding steroid dienone is 2. The van der Waals surface area contributed by atoms with E-state index < -0.39 is 7.12 Å². The second-order valence-corrected chi connectivity index (χ2v) is 4.94. The molecule has 0 saturated carbocycles. The second kappa shape index (κ2) is 4.56. The fourth-order valence-electron chi connectivity index (χ4n) is 1.36. The van der Waals surface area contributed by atoms with Gasteiger partial charge in [-0.1, -0.05) is 12.1 Å². The first-order valence-electron chi connectivity index (χ1n) is 5.46. The van der Waals surface area contributed by atoms with E-state index in [9.17, 15) is 4.79 Å². The molecule has 0 aromatic rings. The summed E-state index contributed by atoms with van der Waals surface area (Å²) in [7, 11) is -0.446. The van der Waals surface area contributed by atoms with Crippen LogP contribution in [0, 0.1) is 0 Å². The SMILES string of the molecule is C=CCC(=O)/C=C/B1OC(C)(C)C(C)(C)O1. The van der Waals surface area contributed by atoms with Crippen molar-refractivity contribution in [2.24, 2.45) is 0 Å². The van der Waals surface area contributed by atoms with E-state index >= 15 is 0 Å². The Morgan fingerprint density at radius 1 is 1.25 bits per heavy atom. The Balaban J connectivity index is 2.60. The topological polar surface area (TPSA) is 35.5 Å². The van der Waals surface area contributed by atoms with Crippen molar-refractivity contribution in [1.82, 2.24) is 0 Å². The van der Waals surface area contributed by atoms with Crippen LogP contribution >= 0.6 is 0 Å². The van der Waals surface area contributed by atoms with Gasteiger partial charge in [-0.05, 0) is 33.8 Å². The van der Waals surface area contributed by atoms with Crippen LogP contribution in [0.4, 0.5) is 0 Å². The van der Waals surface area contributed by atoms with Gasteiger partial charge in [0.15, 0.2) is 5.78 Å². The van der Waals surface area contributed by atoms with Gasteiger partial charge in [0, 0.05) is 6.42 Å². The van der Waals surface area contributed by atoms with Gasteiger partial charge in [0.2, 0.25) is 0 Å². The molecule has 88 valence electrons. The second-order valence-electron chi connectivity index (χ2n) is 4.94. The first-order chi connectivity index (χ1) is 7.28. The summed E-state index contributed by atoms with van der Waals surface area (Å²) < 4.78 is 11.4. The van der Waals surface area contributed by atoms with E-state index in [0.29, 0.717) is 6.42 Å². The Hall–Kier alpha value is -0.865. The number of carbonyl (C=O) groups is 1. The van der Waals surface area contributed by atoms with Crippen LogP contribution < -0.4 is 0 Å². The lowest BCUT2D eigenvalue weighted by Gasteiger charge is -2.32. The zero-order chi connectivity index (χ0) is 12.4. The average molecular weight is 222 g/mol. The summed E-state index contributed by atoms with van der Waals surface area (Å²) in [6.45, 7) is 11.4. The maximum Gasteiger partial charge on any atom is 0.487 e. The standard InChI is InChI=1S/C12H19BO3/c1-6-7-10(14)8-9-13-15-11(2,3)12(4,5)16-13/h6,8-9H,1,7H2,2-5H3/b9-8+. The zero-order valence-corrected chi connectivity index (χ0v) is 10.4. The molecule has 0 aromatic carbocycles. The van der Waals surface area contributed by atoms with Crippen LogP contribution in [0.25, 0.3) is 0 Å². The molecule has 0 amide bonds. The van der Waals surface area contributed by atoms with Crippen molar-refractivity contribution < 1.29 is 14.1 Å². The third-order valence-corrected chi connectivity index (χ3v) is 3.06. The highest BCUT2D eigenvalue weighted by atomic mass is 16.7. The minimum atomic E-state index is -0.446. The maximum atomic E-state index is 11.3. The zero-order valence-electron chi connectivity index (χ0n) is 10.4. The average Bonchev–Trinajstić information content (AvgIpc) is 2.33. The Morgan fingerprint density at radius 2 is 1.75 bits per heavy atom. The molecule has 1 saturated heterocycles. The van der Waals surface area contributed by atoms with Crippen molar-refractivity contribution >= 4 is 12.9 Å². The Bertz CT molecular complexity index is 302. The van der Waals surface area contributed by atoms with Crippen LogP contribution in [0.5, 0.6) is 0 Å². The summed E-state index contributed by atoms with van der Waals surface area (Å²) >= 11 is 0. The summed E-state index contributed by atoms with van der Waals surface area (Å²) in [6, 6.07) is 0. The molecular weight excluding hydrogens is 203 g/mol. The van der Waals surface area contributed by atoms with Crippen molar-refractivity contribution in [3.63, 3.8) is 0 Å². The van der Waals surface area contributed by atoms with Crippen LogP contribution in [0.3, 0.4) is 0 Å². The predicted molar refractivity (Wildman–Crippen MR) is 65.0 cm³/mol. The van der Waals surface area contributed by atoms with Gasteiger partial charge in [0.05, 0.1) is 11.2 Å². The van der Waals surface area contributed by atoms with Crippen molar-refractivity contribution in [2.45, 2.75) is 45.3 Å². The van der Waals surface area contributed by atoms with E-state index in [1.54, 1.807) is 12.1 Å². The molecule has 0 aromatic heterocycles. The van der Waals surface area contributed by atoms with Crippen LogP contribution in [0.1, 0.15) is 34.1 Å². The first kappa shape index (κ1) is 13.2. The molecule has 1 rings (SSSR count). The minimum absolute atomic E-state index is 0.00436. The van der Waals surface area contributed by atoms with Gasteiger partial charge < -0.3 is 9.31 Å². The lowest BCUT2D eigenvalue weighted by molar-refractivity contribution is -0.113. The number of hydrogen-bond acceptors (Lipinski definition) is 3. The first-order valence-corrected chi connectivity index (χ1v) is 5.46. The Labute approximate surface area is 97.6 Å². The van der Waals surface area contributed by atoms with Crippen molar-refractivity contribution in [2.75, 3.05) is 0 Å². The molecule has 0 unspecified atom stereocenters. The van der Waals surface area contributed by atoms with Crippen LogP contribution in [0.15, 0.2) is 24.7 Å². The Morgan fingerprint density at radius 3 is 2.19 bits per heavy atom. The molecule has 0 N–H and O–H groups in total. The fourth-order valence-corrected chi connectivity index (χ4v) is 1.36. The van der Waals surface area contributed by atoms with Crippen LogP contribution in [-0.4, -0.2) is 24.1 Å². The number of rotatable bonds is 4. The molecule has 0 atom stereocenters. The molecule has 1 aliphatic heterocycles. The van der Waals surface area contributed by atoms with E-state index in [-0.39, 0.29) is 17.0 Å². The summed E-state index contributed by atoms with van der Waals surface area (Å²) in [4.78, 5) is 11.3. The monoisotopic (exact) mass is 222 g/mol. The Kier molecular flexibility index (Phi) is 3.76.